The molecule has 2 rings (SSSR count). The van der Waals surface area contributed by atoms with Crippen molar-refractivity contribution in [2.75, 3.05) is 31.6 Å². The summed E-state index contributed by atoms with van der Waals surface area (Å²) >= 11 is 0. The van der Waals surface area contributed by atoms with Gasteiger partial charge >= 0.3 is 10.2 Å². The molecule has 0 amide bonds. The van der Waals surface area contributed by atoms with E-state index >= 15 is 0 Å². The zero-order valence-corrected chi connectivity index (χ0v) is 16.2. The first kappa shape index (κ1) is 19.4. The maximum absolute atomic E-state index is 12.5. The van der Waals surface area contributed by atoms with Gasteiger partial charge in [-0.1, -0.05) is 26.8 Å². The van der Waals surface area contributed by atoms with Crippen LogP contribution in [0.25, 0.3) is 5.69 Å². The third-order valence-electron chi connectivity index (χ3n) is 3.78. The van der Waals surface area contributed by atoms with E-state index in [-0.39, 0.29) is 18.6 Å². The van der Waals surface area contributed by atoms with E-state index in [1.165, 1.54) is 18.4 Å². The standard InChI is InChI=1S/C17H26N4O3S/c1-17(2,3)16-9-10-20(18-16)14-7-6-8-15(13-14)21(11-12-22)25(23,24)19(4)5/h6-10,13,22H,11-12H2,1-5H3. The van der Waals surface area contributed by atoms with Crippen molar-refractivity contribution in [3.8, 4) is 5.69 Å². The highest BCUT2D eigenvalue weighted by atomic mass is 32.2. The molecule has 8 heteroatoms. The lowest BCUT2D eigenvalue weighted by Gasteiger charge is -2.27. The summed E-state index contributed by atoms with van der Waals surface area (Å²) in [7, 11) is -0.764. The highest BCUT2D eigenvalue weighted by molar-refractivity contribution is 7.90. The molecule has 0 saturated carbocycles. The SMILES string of the molecule is CN(C)S(=O)(=O)N(CCO)c1cccc(-n2ccc(C(C)(C)C)n2)c1. The Labute approximate surface area is 149 Å². The van der Waals surface area contributed by atoms with Gasteiger partial charge in [-0.3, -0.25) is 4.31 Å². The van der Waals surface area contributed by atoms with E-state index in [0.29, 0.717) is 5.69 Å². The minimum atomic E-state index is -3.69. The normalized spacial score (nSPS) is 12.6. The first-order valence-corrected chi connectivity index (χ1v) is 9.44. The minimum Gasteiger partial charge on any atom is -0.394 e. The maximum Gasteiger partial charge on any atom is 0.303 e. The number of hydrogen-bond donors (Lipinski definition) is 1. The third kappa shape index (κ3) is 4.20. The van der Waals surface area contributed by atoms with Crippen LogP contribution in [-0.2, 0) is 15.6 Å². The summed E-state index contributed by atoms with van der Waals surface area (Å²) < 4.78 is 29.1. The molecule has 0 fully saturated rings. The van der Waals surface area contributed by atoms with Gasteiger partial charge in [0.25, 0.3) is 0 Å². The van der Waals surface area contributed by atoms with Gasteiger partial charge in [0.2, 0.25) is 0 Å². The topological polar surface area (TPSA) is 78.7 Å². The Morgan fingerprint density at radius 3 is 2.40 bits per heavy atom. The largest absolute Gasteiger partial charge is 0.394 e. The molecule has 0 atom stereocenters. The van der Waals surface area contributed by atoms with Crippen molar-refractivity contribution < 1.29 is 13.5 Å². The number of anilines is 1. The van der Waals surface area contributed by atoms with Gasteiger partial charge in [0, 0.05) is 25.7 Å². The van der Waals surface area contributed by atoms with Gasteiger partial charge in [-0.15, -0.1) is 0 Å². The Bertz CT molecular complexity index is 822. The number of benzene rings is 1. The Balaban J connectivity index is 2.45. The Morgan fingerprint density at radius 1 is 1.20 bits per heavy atom. The monoisotopic (exact) mass is 366 g/mol. The molecule has 1 aromatic heterocycles. The molecular formula is C17H26N4O3S. The fourth-order valence-corrected chi connectivity index (χ4v) is 3.41. The average molecular weight is 366 g/mol. The zero-order valence-electron chi connectivity index (χ0n) is 15.3. The van der Waals surface area contributed by atoms with Crippen molar-refractivity contribution >= 4 is 15.9 Å². The minimum absolute atomic E-state index is 0.0175. The second-order valence-corrected chi connectivity index (χ2v) is 9.07. The number of aromatic nitrogens is 2. The first-order chi connectivity index (χ1) is 11.6. The van der Waals surface area contributed by atoms with E-state index in [1.54, 1.807) is 22.9 Å². The van der Waals surface area contributed by atoms with E-state index < -0.39 is 10.2 Å². The van der Waals surface area contributed by atoms with Crippen LogP contribution in [0.4, 0.5) is 5.69 Å². The predicted octanol–water partition coefficient (Wildman–Crippen LogP) is 1.77. The smallest absolute Gasteiger partial charge is 0.303 e. The molecule has 1 heterocycles. The second-order valence-electron chi connectivity index (χ2n) is 7.00. The highest BCUT2D eigenvalue weighted by Crippen LogP contribution is 2.24. The molecular weight excluding hydrogens is 340 g/mol. The molecule has 0 saturated heterocycles. The van der Waals surface area contributed by atoms with Crippen molar-refractivity contribution in [1.82, 2.24) is 14.1 Å². The fraction of sp³-hybridized carbons (Fsp3) is 0.471. The summed E-state index contributed by atoms with van der Waals surface area (Å²) in [6.07, 6.45) is 1.86. The van der Waals surface area contributed by atoms with Crippen LogP contribution in [0, 0.1) is 0 Å². The van der Waals surface area contributed by atoms with Gasteiger partial charge in [0.05, 0.1) is 30.2 Å². The highest BCUT2D eigenvalue weighted by Gasteiger charge is 2.25. The van der Waals surface area contributed by atoms with Crippen LogP contribution in [0.2, 0.25) is 0 Å². The van der Waals surface area contributed by atoms with E-state index in [9.17, 15) is 13.5 Å². The maximum atomic E-state index is 12.5. The molecule has 25 heavy (non-hydrogen) atoms. The van der Waals surface area contributed by atoms with Gasteiger partial charge in [-0.05, 0) is 24.3 Å². The Hall–Kier alpha value is -1.90. The quantitative estimate of drug-likeness (QED) is 0.845. The lowest BCUT2D eigenvalue weighted by Crippen LogP contribution is -2.41. The summed E-state index contributed by atoms with van der Waals surface area (Å²) in [5, 5.41) is 13.9. The van der Waals surface area contributed by atoms with Crippen molar-refractivity contribution in [1.29, 1.82) is 0 Å². The first-order valence-electron chi connectivity index (χ1n) is 8.05. The second kappa shape index (κ2) is 7.15. The number of aliphatic hydroxyl groups excluding tert-OH is 1. The van der Waals surface area contributed by atoms with Crippen LogP contribution in [0.3, 0.4) is 0 Å². The summed E-state index contributed by atoms with van der Waals surface area (Å²) in [5.41, 5.74) is 2.11. The number of nitrogens with zero attached hydrogens (tertiary/aromatic N) is 4. The van der Waals surface area contributed by atoms with Gasteiger partial charge in [-0.25, -0.2) is 4.68 Å². The number of aliphatic hydroxyl groups is 1. The van der Waals surface area contributed by atoms with E-state index in [2.05, 4.69) is 25.9 Å². The van der Waals surface area contributed by atoms with Crippen molar-refractivity contribution in [2.24, 2.45) is 0 Å². The van der Waals surface area contributed by atoms with Crippen molar-refractivity contribution in [3.63, 3.8) is 0 Å². The summed E-state index contributed by atoms with van der Waals surface area (Å²) in [6.45, 7) is 5.97. The third-order valence-corrected chi connectivity index (χ3v) is 5.66. The molecule has 0 aliphatic heterocycles. The van der Waals surface area contributed by atoms with Crippen LogP contribution in [0.15, 0.2) is 36.5 Å². The Kier molecular flexibility index (Phi) is 5.55. The van der Waals surface area contributed by atoms with E-state index in [4.69, 9.17) is 0 Å². The number of rotatable bonds is 6. The van der Waals surface area contributed by atoms with Crippen molar-refractivity contribution in [3.05, 3.63) is 42.2 Å². The molecule has 0 radical (unpaired) electrons. The van der Waals surface area contributed by atoms with Gasteiger partial charge in [-0.2, -0.15) is 17.8 Å². The summed E-state index contributed by atoms with van der Waals surface area (Å²) in [6, 6.07) is 9.04. The predicted molar refractivity (Wildman–Crippen MR) is 99.3 cm³/mol. The van der Waals surface area contributed by atoms with Gasteiger partial charge in [0.1, 0.15) is 0 Å². The van der Waals surface area contributed by atoms with Crippen LogP contribution in [-0.4, -0.2) is 54.9 Å². The molecule has 0 bridgehead atoms. The van der Waals surface area contributed by atoms with Gasteiger partial charge < -0.3 is 5.11 Å². The Morgan fingerprint density at radius 2 is 1.88 bits per heavy atom. The number of hydrogen-bond acceptors (Lipinski definition) is 4. The van der Waals surface area contributed by atoms with Crippen LogP contribution >= 0.6 is 0 Å². The van der Waals surface area contributed by atoms with Crippen LogP contribution in [0.1, 0.15) is 26.5 Å². The average Bonchev–Trinajstić information content (AvgIpc) is 3.02. The van der Waals surface area contributed by atoms with E-state index in [0.717, 1.165) is 15.7 Å². The molecule has 0 unspecified atom stereocenters. The molecule has 0 spiro atoms. The fourth-order valence-electron chi connectivity index (χ4n) is 2.32. The van der Waals surface area contributed by atoms with E-state index in [1.807, 2.05) is 18.3 Å². The van der Waals surface area contributed by atoms with Crippen molar-refractivity contribution in [2.45, 2.75) is 26.2 Å². The van der Waals surface area contributed by atoms with Crippen LogP contribution < -0.4 is 4.31 Å². The molecule has 2 aromatic rings. The zero-order chi connectivity index (χ0) is 18.8. The molecule has 0 aliphatic carbocycles. The molecule has 0 aliphatic rings. The van der Waals surface area contributed by atoms with Gasteiger partial charge in [0.15, 0.2) is 0 Å². The lowest BCUT2D eigenvalue weighted by atomic mass is 9.93. The molecule has 138 valence electrons. The molecule has 1 N–H and O–H groups in total. The lowest BCUT2D eigenvalue weighted by molar-refractivity contribution is 0.306. The summed E-state index contributed by atoms with van der Waals surface area (Å²) in [4.78, 5) is 0. The molecule has 1 aromatic carbocycles. The molecule has 7 nitrogen and oxygen atoms in total. The summed E-state index contributed by atoms with van der Waals surface area (Å²) in [5.74, 6) is 0. The van der Waals surface area contributed by atoms with Crippen LogP contribution in [0.5, 0.6) is 0 Å².